The summed E-state index contributed by atoms with van der Waals surface area (Å²) in [6.45, 7) is 7.11. The van der Waals surface area contributed by atoms with Gasteiger partial charge in [-0.15, -0.1) is 0 Å². The van der Waals surface area contributed by atoms with Crippen LogP contribution in [0.3, 0.4) is 0 Å². The highest BCUT2D eigenvalue weighted by Gasteiger charge is 2.45. The number of rotatable bonds is 4. The van der Waals surface area contributed by atoms with Gasteiger partial charge >= 0.3 is 5.97 Å². The molecule has 1 aromatic carbocycles. The van der Waals surface area contributed by atoms with Crippen LogP contribution in [0.15, 0.2) is 29.1 Å². The van der Waals surface area contributed by atoms with Crippen molar-refractivity contribution < 1.29 is 19.4 Å². The Morgan fingerprint density at radius 2 is 1.88 bits per heavy atom. The summed E-state index contributed by atoms with van der Waals surface area (Å²) in [5.41, 5.74) is 3.44. The summed E-state index contributed by atoms with van der Waals surface area (Å²) in [4.78, 5) is 36.2. The van der Waals surface area contributed by atoms with Crippen LogP contribution in [0.1, 0.15) is 61.3 Å². The molecule has 9 heteroatoms. The zero-order chi connectivity index (χ0) is 27.6. The van der Waals surface area contributed by atoms with E-state index in [1.165, 1.54) is 39.5 Å². The third-order valence-electron chi connectivity index (χ3n) is 9.64. The van der Waals surface area contributed by atoms with Gasteiger partial charge in [-0.25, -0.2) is 9.78 Å². The first-order chi connectivity index (χ1) is 19.4. The molecule has 2 aromatic heterocycles. The second kappa shape index (κ2) is 9.68. The Balaban J connectivity index is 1.21. The minimum absolute atomic E-state index is 0.0650. The van der Waals surface area contributed by atoms with Crippen LogP contribution >= 0.6 is 0 Å². The molecule has 4 aliphatic heterocycles. The number of nitrogens with zero attached hydrogens (tertiary/aromatic N) is 4. The molecule has 2 fully saturated rings. The number of aromatic nitrogens is 2. The minimum atomic E-state index is -1.34. The van der Waals surface area contributed by atoms with Gasteiger partial charge in [-0.2, -0.15) is 0 Å². The molecule has 0 spiro atoms. The average molecular weight is 545 g/mol. The molecule has 7 rings (SSSR count). The summed E-state index contributed by atoms with van der Waals surface area (Å²) in [7, 11) is 1.45. The van der Waals surface area contributed by atoms with Crippen LogP contribution in [0.25, 0.3) is 22.3 Å². The van der Waals surface area contributed by atoms with Crippen molar-refractivity contribution >= 4 is 16.9 Å². The van der Waals surface area contributed by atoms with Gasteiger partial charge in [0.2, 0.25) is 0 Å². The Hall–Kier alpha value is -3.27. The van der Waals surface area contributed by atoms with Crippen LogP contribution in [-0.4, -0.2) is 69.8 Å². The second-order valence-electron chi connectivity index (χ2n) is 11.9. The van der Waals surface area contributed by atoms with Gasteiger partial charge in [-0.3, -0.25) is 9.69 Å². The quantitative estimate of drug-likeness (QED) is 0.390. The monoisotopic (exact) mass is 544 g/mol. The molecule has 0 unspecified atom stereocenters. The number of phenols is 1. The van der Waals surface area contributed by atoms with E-state index in [4.69, 9.17) is 14.5 Å². The van der Waals surface area contributed by atoms with Crippen molar-refractivity contribution in [1.82, 2.24) is 19.4 Å². The lowest BCUT2D eigenvalue weighted by Gasteiger charge is -2.40. The van der Waals surface area contributed by atoms with Crippen molar-refractivity contribution in [1.29, 1.82) is 0 Å². The first-order valence-electron chi connectivity index (χ1n) is 14.5. The molecule has 0 radical (unpaired) electrons. The number of likely N-dealkylation sites (tertiary alicyclic amines) is 2. The zero-order valence-electron chi connectivity index (χ0n) is 23.2. The molecule has 40 heavy (non-hydrogen) atoms. The molecule has 0 aliphatic carbocycles. The van der Waals surface area contributed by atoms with E-state index >= 15 is 0 Å². The Bertz CT molecular complexity index is 1570. The fraction of sp³-hybridized carbons (Fsp3) is 0.516. The number of carbonyl (C=O) groups is 1. The number of hydrogen-bond donors (Lipinski definition) is 1. The molecule has 0 amide bonds. The lowest BCUT2D eigenvalue weighted by Crippen LogP contribution is -2.46. The summed E-state index contributed by atoms with van der Waals surface area (Å²) in [5.74, 6) is -0.223. The molecule has 2 saturated heterocycles. The Kier molecular flexibility index (Phi) is 6.21. The summed E-state index contributed by atoms with van der Waals surface area (Å²) in [6.07, 6.45) is 6.31. The van der Waals surface area contributed by atoms with E-state index in [-0.39, 0.29) is 17.9 Å². The number of ether oxygens (including phenoxy) is 2. The fourth-order valence-corrected chi connectivity index (χ4v) is 7.15. The number of pyridine rings is 2. The predicted molar refractivity (Wildman–Crippen MR) is 150 cm³/mol. The lowest BCUT2D eigenvalue weighted by molar-refractivity contribution is -0.173. The van der Waals surface area contributed by atoms with E-state index in [1.54, 1.807) is 17.6 Å². The zero-order valence-corrected chi connectivity index (χ0v) is 23.2. The normalized spacial score (nSPS) is 23.6. The number of piperidine rings is 2. The van der Waals surface area contributed by atoms with Gasteiger partial charge < -0.3 is 24.0 Å². The molecular weight excluding hydrogens is 508 g/mol. The smallest absolute Gasteiger partial charge is 0.343 e. The summed E-state index contributed by atoms with van der Waals surface area (Å²) < 4.78 is 12.6. The molecule has 1 N–H and O–H groups in total. The highest BCUT2D eigenvalue weighted by Crippen LogP contribution is 2.40. The maximum atomic E-state index is 13.5. The molecule has 9 nitrogen and oxygen atoms in total. The van der Waals surface area contributed by atoms with E-state index < -0.39 is 11.6 Å². The molecule has 6 heterocycles. The lowest BCUT2D eigenvalue weighted by atomic mass is 9.89. The van der Waals surface area contributed by atoms with Crippen molar-refractivity contribution in [2.75, 3.05) is 33.3 Å². The Morgan fingerprint density at radius 3 is 2.62 bits per heavy atom. The van der Waals surface area contributed by atoms with Crippen LogP contribution in [0.4, 0.5) is 0 Å². The van der Waals surface area contributed by atoms with Crippen LogP contribution in [0.5, 0.6) is 5.75 Å². The number of aromatic hydroxyl groups is 1. The van der Waals surface area contributed by atoms with Crippen molar-refractivity contribution in [2.45, 2.75) is 70.4 Å². The van der Waals surface area contributed by atoms with Crippen molar-refractivity contribution in [3.8, 4) is 17.1 Å². The Labute approximate surface area is 233 Å². The number of carbonyl (C=O) groups excluding carboxylic acids is 1. The molecular formula is C31H36N4O5. The number of benzene rings is 1. The largest absolute Gasteiger partial charge is 0.508 e. The van der Waals surface area contributed by atoms with E-state index in [2.05, 4.69) is 15.9 Å². The number of fused-ring (bicyclic) bond motifs is 5. The summed E-state index contributed by atoms with van der Waals surface area (Å²) >= 11 is 0. The maximum absolute atomic E-state index is 13.5. The Morgan fingerprint density at radius 1 is 1.10 bits per heavy atom. The first-order valence-corrected chi connectivity index (χ1v) is 14.5. The number of cyclic esters (lactones) is 1. The molecule has 0 bridgehead atoms. The molecule has 1 atom stereocenters. The number of methoxy groups -OCH3 is 1. The highest BCUT2D eigenvalue weighted by atomic mass is 16.6. The fourth-order valence-electron chi connectivity index (χ4n) is 7.15. The minimum Gasteiger partial charge on any atom is -0.508 e. The average Bonchev–Trinajstić information content (AvgIpc) is 3.34. The second-order valence-corrected chi connectivity index (χ2v) is 11.9. The SMILES string of the molecule is CO[C@]1(C)C(=O)OCc2c1cc1n(c2=O)Cc2cc3c(CN4CCC(N5CCCCC5)CC4)c(O)ccc3nc2-1. The van der Waals surface area contributed by atoms with Crippen molar-refractivity contribution in [2.24, 2.45) is 0 Å². The van der Waals surface area contributed by atoms with Crippen LogP contribution in [0.2, 0.25) is 0 Å². The van der Waals surface area contributed by atoms with Gasteiger partial charge in [0, 0.05) is 41.8 Å². The number of phenolic OH excluding ortho intramolecular Hbond substituents is 1. The summed E-state index contributed by atoms with van der Waals surface area (Å²) in [5, 5.41) is 11.9. The maximum Gasteiger partial charge on any atom is 0.343 e. The number of hydrogen-bond acceptors (Lipinski definition) is 8. The molecule has 210 valence electrons. The van der Waals surface area contributed by atoms with E-state index in [0.29, 0.717) is 36.0 Å². The third-order valence-corrected chi connectivity index (χ3v) is 9.64. The van der Waals surface area contributed by atoms with Gasteiger partial charge in [-0.1, -0.05) is 6.42 Å². The molecule has 3 aromatic rings. The van der Waals surface area contributed by atoms with Gasteiger partial charge in [0.25, 0.3) is 5.56 Å². The van der Waals surface area contributed by atoms with Crippen LogP contribution in [-0.2, 0) is 39.6 Å². The van der Waals surface area contributed by atoms with Gasteiger partial charge in [-0.05, 0) is 83.1 Å². The van der Waals surface area contributed by atoms with Crippen molar-refractivity contribution in [3.63, 3.8) is 0 Å². The molecule has 4 aliphatic rings. The van der Waals surface area contributed by atoms with E-state index in [0.717, 1.165) is 53.7 Å². The topological polar surface area (TPSA) is 97.1 Å². The standard InChI is InChI=1S/C31H36N4O5/c1-31(39-2)24-15-26-28-19(16-35(26)29(37)23(24)18-40-30(31)38)14-21-22(27(36)7-6-25(21)32-28)17-33-12-8-20(9-13-33)34-10-4-3-5-11-34/h6-7,14-15,20,36H,3-5,8-13,16-18H2,1-2H3/t31-/m0/s1. The highest BCUT2D eigenvalue weighted by molar-refractivity contribution is 5.89. The van der Waals surface area contributed by atoms with Crippen LogP contribution < -0.4 is 5.56 Å². The summed E-state index contributed by atoms with van der Waals surface area (Å²) in [6, 6.07) is 8.18. The number of esters is 1. The third kappa shape index (κ3) is 3.97. The van der Waals surface area contributed by atoms with Gasteiger partial charge in [0.05, 0.1) is 29.0 Å². The van der Waals surface area contributed by atoms with E-state index in [1.807, 2.05) is 12.1 Å². The van der Waals surface area contributed by atoms with Crippen LogP contribution in [0, 0.1) is 0 Å². The van der Waals surface area contributed by atoms with Gasteiger partial charge in [0.1, 0.15) is 12.4 Å². The van der Waals surface area contributed by atoms with Crippen molar-refractivity contribution in [3.05, 3.63) is 56.9 Å². The molecule has 0 saturated carbocycles. The van der Waals surface area contributed by atoms with E-state index in [9.17, 15) is 14.7 Å². The predicted octanol–water partition coefficient (Wildman–Crippen LogP) is 3.50. The van der Waals surface area contributed by atoms with Gasteiger partial charge in [0.15, 0.2) is 5.60 Å². The first kappa shape index (κ1) is 25.7.